The van der Waals surface area contributed by atoms with Crippen molar-refractivity contribution in [3.63, 3.8) is 0 Å². The van der Waals surface area contributed by atoms with Crippen LogP contribution in [0, 0.1) is 10.1 Å². The van der Waals surface area contributed by atoms with Gasteiger partial charge in [-0.2, -0.15) is 0 Å². The molecule has 0 aliphatic carbocycles. The summed E-state index contributed by atoms with van der Waals surface area (Å²) in [4.78, 5) is 14.3. The first-order chi connectivity index (χ1) is 8.97. The lowest BCUT2D eigenvalue weighted by atomic mass is 10.3. The first-order valence-corrected chi connectivity index (χ1v) is 6.17. The van der Waals surface area contributed by atoms with Crippen LogP contribution >= 0.6 is 27.5 Å². The zero-order valence-corrected chi connectivity index (χ0v) is 11.7. The Balaban J connectivity index is 2.42. The number of anilines is 1. The van der Waals surface area contributed by atoms with Gasteiger partial charge in [-0.3, -0.25) is 10.1 Å². The van der Waals surface area contributed by atoms with Crippen molar-refractivity contribution in [3.8, 4) is 11.6 Å². The molecule has 19 heavy (non-hydrogen) atoms. The summed E-state index contributed by atoms with van der Waals surface area (Å²) in [5, 5.41) is 11.2. The van der Waals surface area contributed by atoms with Crippen LogP contribution in [-0.2, 0) is 0 Å². The Morgan fingerprint density at radius 2 is 2.16 bits per heavy atom. The lowest BCUT2D eigenvalue weighted by Gasteiger charge is -2.07. The average molecular weight is 345 g/mol. The number of rotatable bonds is 3. The number of halogens is 2. The summed E-state index contributed by atoms with van der Waals surface area (Å²) in [6, 6.07) is 5.61. The Morgan fingerprint density at radius 3 is 2.79 bits per heavy atom. The van der Waals surface area contributed by atoms with Gasteiger partial charge in [0.1, 0.15) is 0 Å². The summed E-state index contributed by atoms with van der Waals surface area (Å²) in [6.45, 7) is 0. The molecule has 0 aliphatic rings. The maximum Gasteiger partial charge on any atom is 0.311 e. The maximum absolute atomic E-state index is 10.9. The molecule has 0 bridgehead atoms. The monoisotopic (exact) mass is 343 g/mol. The minimum absolute atomic E-state index is 0.00970. The second-order valence-corrected chi connectivity index (χ2v) is 4.82. The number of nitro groups is 1. The third-order valence-electron chi connectivity index (χ3n) is 2.15. The summed E-state index contributed by atoms with van der Waals surface area (Å²) < 4.78 is 5.89. The van der Waals surface area contributed by atoms with E-state index in [1.807, 2.05) is 0 Å². The van der Waals surface area contributed by atoms with Crippen LogP contribution in [0.4, 0.5) is 11.4 Å². The molecule has 0 unspecified atom stereocenters. The summed E-state index contributed by atoms with van der Waals surface area (Å²) in [6.07, 6.45) is 1.39. The van der Waals surface area contributed by atoms with Gasteiger partial charge in [-0.05, 0) is 28.1 Å². The number of aromatic nitrogens is 1. The van der Waals surface area contributed by atoms with Gasteiger partial charge < -0.3 is 10.5 Å². The molecule has 0 aliphatic heterocycles. The molecule has 0 saturated heterocycles. The lowest BCUT2D eigenvalue weighted by molar-refractivity contribution is -0.385. The second kappa shape index (κ2) is 5.41. The van der Waals surface area contributed by atoms with Crippen LogP contribution in [0.1, 0.15) is 0 Å². The van der Waals surface area contributed by atoms with E-state index < -0.39 is 4.92 Å². The topological polar surface area (TPSA) is 91.3 Å². The lowest BCUT2D eigenvalue weighted by Crippen LogP contribution is -1.96. The van der Waals surface area contributed by atoms with E-state index in [2.05, 4.69) is 20.9 Å². The molecule has 6 nitrogen and oxygen atoms in total. The van der Waals surface area contributed by atoms with Crippen LogP contribution in [0.5, 0.6) is 11.6 Å². The van der Waals surface area contributed by atoms with Gasteiger partial charge in [0.25, 0.3) is 0 Å². The Morgan fingerprint density at radius 1 is 1.42 bits per heavy atom. The fourth-order valence-corrected chi connectivity index (χ4v) is 1.95. The number of ether oxygens (including phenoxy) is 1. The highest BCUT2D eigenvalue weighted by Crippen LogP contribution is 2.35. The van der Waals surface area contributed by atoms with Gasteiger partial charge >= 0.3 is 5.69 Å². The van der Waals surface area contributed by atoms with Crippen molar-refractivity contribution in [2.24, 2.45) is 0 Å². The van der Waals surface area contributed by atoms with Crippen molar-refractivity contribution in [1.29, 1.82) is 0 Å². The molecule has 0 atom stereocenters. The van der Waals surface area contributed by atoms with E-state index in [1.54, 1.807) is 6.07 Å². The number of nitrogens with zero attached hydrogens (tertiary/aromatic N) is 2. The largest absolute Gasteiger partial charge is 0.431 e. The van der Waals surface area contributed by atoms with Crippen LogP contribution in [0.15, 0.2) is 34.9 Å². The second-order valence-electron chi connectivity index (χ2n) is 3.53. The van der Waals surface area contributed by atoms with Gasteiger partial charge in [-0.1, -0.05) is 11.6 Å². The van der Waals surface area contributed by atoms with Crippen molar-refractivity contribution in [3.05, 3.63) is 50.1 Å². The van der Waals surface area contributed by atoms with Crippen molar-refractivity contribution >= 4 is 38.9 Å². The molecule has 1 heterocycles. The fourth-order valence-electron chi connectivity index (χ4n) is 1.34. The molecule has 1 aromatic carbocycles. The maximum atomic E-state index is 10.9. The van der Waals surface area contributed by atoms with Crippen LogP contribution in [0.2, 0.25) is 5.02 Å². The summed E-state index contributed by atoms with van der Waals surface area (Å²) >= 11 is 9.01. The fraction of sp³-hybridized carbons (Fsp3) is 0. The van der Waals surface area contributed by atoms with Gasteiger partial charge in [0.2, 0.25) is 11.6 Å². The van der Waals surface area contributed by atoms with Gasteiger partial charge in [-0.25, -0.2) is 4.98 Å². The van der Waals surface area contributed by atoms with E-state index in [-0.39, 0.29) is 17.3 Å². The smallest absolute Gasteiger partial charge is 0.311 e. The van der Waals surface area contributed by atoms with Gasteiger partial charge in [0.05, 0.1) is 21.3 Å². The Kier molecular flexibility index (Phi) is 3.87. The van der Waals surface area contributed by atoms with Crippen molar-refractivity contribution in [1.82, 2.24) is 4.98 Å². The normalized spacial score (nSPS) is 10.2. The van der Waals surface area contributed by atoms with Crippen LogP contribution in [0.3, 0.4) is 0 Å². The molecular formula is C11H7BrClN3O3. The zero-order chi connectivity index (χ0) is 14.0. The molecule has 2 rings (SSSR count). The number of benzene rings is 1. The first-order valence-electron chi connectivity index (χ1n) is 5.00. The Hall–Kier alpha value is -1.86. The molecule has 0 fully saturated rings. The summed E-state index contributed by atoms with van der Waals surface area (Å²) in [7, 11) is 0. The number of nitrogen functional groups attached to an aromatic ring is 1. The molecule has 2 N–H and O–H groups in total. The molecule has 98 valence electrons. The van der Waals surface area contributed by atoms with Gasteiger partial charge in [0, 0.05) is 17.2 Å². The van der Waals surface area contributed by atoms with Crippen LogP contribution in [0.25, 0.3) is 0 Å². The molecular weight excluding hydrogens is 337 g/mol. The SMILES string of the molecule is Nc1cnc(Oc2cc(Cl)ccc2[N+](=O)[O-])c(Br)c1. The van der Waals surface area contributed by atoms with E-state index in [0.29, 0.717) is 15.2 Å². The minimum Gasteiger partial charge on any atom is -0.431 e. The Bertz CT molecular complexity index is 651. The number of hydrogen-bond acceptors (Lipinski definition) is 5. The van der Waals surface area contributed by atoms with Gasteiger partial charge in [-0.15, -0.1) is 0 Å². The highest BCUT2D eigenvalue weighted by atomic mass is 79.9. The van der Waals surface area contributed by atoms with Crippen molar-refractivity contribution in [2.45, 2.75) is 0 Å². The van der Waals surface area contributed by atoms with E-state index in [9.17, 15) is 10.1 Å². The molecule has 8 heteroatoms. The minimum atomic E-state index is -0.559. The molecule has 0 amide bonds. The summed E-state index contributed by atoms with van der Waals surface area (Å²) in [5.41, 5.74) is 5.79. The zero-order valence-electron chi connectivity index (χ0n) is 9.34. The quantitative estimate of drug-likeness (QED) is 0.676. The molecule has 0 saturated carbocycles. The standard InChI is InChI=1S/C11H7BrClN3O3/c12-8-4-7(14)5-15-11(8)19-10-3-6(13)1-2-9(10)16(17)18/h1-5H,14H2. The van der Waals surface area contributed by atoms with Crippen molar-refractivity contribution < 1.29 is 9.66 Å². The van der Waals surface area contributed by atoms with E-state index in [0.717, 1.165) is 0 Å². The average Bonchev–Trinajstić information content (AvgIpc) is 2.32. The Labute approximate surface area is 121 Å². The third-order valence-corrected chi connectivity index (χ3v) is 2.96. The number of nitro benzene ring substituents is 1. The van der Waals surface area contributed by atoms with E-state index in [4.69, 9.17) is 22.1 Å². The molecule has 2 aromatic rings. The number of nitrogens with two attached hydrogens (primary N) is 1. The van der Waals surface area contributed by atoms with Crippen LogP contribution < -0.4 is 10.5 Å². The molecule has 0 radical (unpaired) electrons. The first kappa shape index (κ1) is 13.6. The van der Waals surface area contributed by atoms with E-state index in [1.165, 1.54) is 24.4 Å². The molecule has 0 spiro atoms. The third kappa shape index (κ3) is 3.12. The number of hydrogen-bond donors (Lipinski definition) is 1. The predicted molar refractivity (Wildman–Crippen MR) is 74.5 cm³/mol. The van der Waals surface area contributed by atoms with Crippen LogP contribution in [-0.4, -0.2) is 9.91 Å². The highest BCUT2D eigenvalue weighted by molar-refractivity contribution is 9.10. The number of pyridine rings is 1. The van der Waals surface area contributed by atoms with Crippen molar-refractivity contribution in [2.75, 3.05) is 5.73 Å². The molecule has 1 aromatic heterocycles. The predicted octanol–water partition coefficient (Wildman–Crippen LogP) is 3.78. The summed E-state index contributed by atoms with van der Waals surface area (Å²) in [5.74, 6) is 0.176. The van der Waals surface area contributed by atoms with E-state index >= 15 is 0 Å². The highest BCUT2D eigenvalue weighted by Gasteiger charge is 2.17. The van der Waals surface area contributed by atoms with Gasteiger partial charge in [0.15, 0.2) is 0 Å².